The predicted octanol–water partition coefficient (Wildman–Crippen LogP) is -0.0214. The van der Waals surface area contributed by atoms with E-state index in [-0.39, 0.29) is 42.3 Å². The molecule has 0 radical (unpaired) electrons. The van der Waals surface area contributed by atoms with Gasteiger partial charge in [-0.1, -0.05) is 23.9 Å². The number of phenolic OH excluding ortho intramolecular Hbond substituents is 1. The molecule has 3 aliphatic rings. The number of amides is 5. The number of thioether (sulfide) groups is 2. The van der Waals surface area contributed by atoms with Gasteiger partial charge in [0.05, 0.1) is 11.3 Å². The first-order valence-electron chi connectivity index (χ1n) is 13.5. The van der Waals surface area contributed by atoms with E-state index < -0.39 is 52.8 Å². The number of carboxylic acids is 1. The predicted molar refractivity (Wildman–Crippen MR) is 154 cm³/mol. The van der Waals surface area contributed by atoms with Crippen molar-refractivity contribution in [2.24, 2.45) is 13.0 Å². The first kappa shape index (κ1) is 31.0. The topological polar surface area (TPSA) is 208 Å². The van der Waals surface area contributed by atoms with Gasteiger partial charge in [-0.15, -0.1) is 16.9 Å². The van der Waals surface area contributed by atoms with E-state index in [9.17, 15) is 39.0 Å². The van der Waals surface area contributed by atoms with Crippen molar-refractivity contribution in [3.05, 3.63) is 41.1 Å². The number of carbonyl (C=O) groups is 6. The number of β-lactam (4-membered cyclic amide) rings is 1. The fourth-order valence-electron chi connectivity index (χ4n) is 5.15. The van der Waals surface area contributed by atoms with Crippen LogP contribution in [-0.4, -0.2) is 117 Å². The minimum absolute atomic E-state index is 0.0619. The molecule has 2 aromatic rings. The number of rotatable bonds is 10. The molecule has 3 N–H and O–H groups in total. The second-order valence-electron chi connectivity index (χ2n) is 10.1. The number of likely N-dealkylation sites (N-methyl/N-ethyl adjacent to an activating group) is 1. The Bertz CT molecular complexity index is 1560. The SMILES string of the molecule is CCN1CCN(C(=O)NC(C(=O)C[C@@H]2C(=O)N3C(C(=O)O)=C(CSc4nnnn4C)CS[C@H]23)c2ccc(O)cc2)C(=O)C1=O. The van der Waals surface area contributed by atoms with Crippen LogP contribution in [0.3, 0.4) is 0 Å². The largest absolute Gasteiger partial charge is 0.508 e. The van der Waals surface area contributed by atoms with Crippen molar-refractivity contribution < 1.29 is 39.0 Å². The number of Topliss-reactive ketones (excluding diaryl/α,β-unsaturated/α-hetero) is 1. The molecule has 1 aromatic heterocycles. The first-order chi connectivity index (χ1) is 21.0. The van der Waals surface area contributed by atoms with Crippen molar-refractivity contribution >= 4 is 59.0 Å². The highest BCUT2D eigenvalue weighted by Gasteiger charge is 2.54. The summed E-state index contributed by atoms with van der Waals surface area (Å²) in [6.45, 7) is 2.10. The molecule has 18 heteroatoms. The summed E-state index contributed by atoms with van der Waals surface area (Å²) >= 11 is 2.56. The van der Waals surface area contributed by atoms with Crippen molar-refractivity contribution in [2.45, 2.75) is 29.9 Å². The smallest absolute Gasteiger partial charge is 0.352 e. The number of hydrogen-bond acceptors (Lipinski definition) is 12. The van der Waals surface area contributed by atoms with Crippen LogP contribution in [0.15, 0.2) is 40.7 Å². The Morgan fingerprint density at radius 2 is 1.86 bits per heavy atom. The number of aromatic hydroxyl groups is 1. The number of benzene rings is 1. The van der Waals surface area contributed by atoms with E-state index in [1.165, 1.54) is 62.3 Å². The van der Waals surface area contributed by atoms with Crippen molar-refractivity contribution in [3.8, 4) is 5.75 Å². The summed E-state index contributed by atoms with van der Waals surface area (Å²) in [5, 5.41) is 33.3. The van der Waals surface area contributed by atoms with E-state index in [0.717, 1.165) is 4.90 Å². The van der Waals surface area contributed by atoms with E-state index in [4.69, 9.17) is 0 Å². The number of imide groups is 1. The molecule has 0 saturated carbocycles. The number of carbonyl (C=O) groups excluding carboxylic acids is 5. The Labute approximate surface area is 258 Å². The summed E-state index contributed by atoms with van der Waals surface area (Å²) < 4.78 is 1.45. The molecular formula is C26H28N8O8S2. The summed E-state index contributed by atoms with van der Waals surface area (Å²) in [6, 6.07) is 3.23. The Balaban J connectivity index is 1.31. The Kier molecular flexibility index (Phi) is 8.91. The molecule has 0 aliphatic carbocycles. The van der Waals surface area contributed by atoms with Crippen molar-refractivity contribution in [1.82, 2.24) is 40.2 Å². The van der Waals surface area contributed by atoms with E-state index in [1.807, 2.05) is 0 Å². The molecule has 0 bridgehead atoms. The zero-order valence-corrected chi connectivity index (χ0v) is 25.2. The van der Waals surface area contributed by atoms with Crippen molar-refractivity contribution in [3.63, 3.8) is 0 Å². The van der Waals surface area contributed by atoms with Gasteiger partial charge < -0.3 is 20.4 Å². The molecule has 232 valence electrons. The monoisotopic (exact) mass is 644 g/mol. The summed E-state index contributed by atoms with van der Waals surface area (Å²) in [5.41, 5.74) is 0.667. The van der Waals surface area contributed by atoms with Gasteiger partial charge in [-0.2, -0.15) is 0 Å². The summed E-state index contributed by atoms with van der Waals surface area (Å²) in [7, 11) is 1.65. The second kappa shape index (κ2) is 12.7. The molecule has 44 heavy (non-hydrogen) atoms. The minimum Gasteiger partial charge on any atom is -0.508 e. The Hall–Kier alpha value is -4.45. The number of ketones is 1. The average Bonchev–Trinajstić information content (AvgIpc) is 3.42. The van der Waals surface area contributed by atoms with Gasteiger partial charge in [0.2, 0.25) is 11.1 Å². The van der Waals surface area contributed by atoms with Crippen molar-refractivity contribution in [2.75, 3.05) is 31.1 Å². The van der Waals surface area contributed by atoms with Gasteiger partial charge in [0.15, 0.2) is 5.78 Å². The highest BCUT2D eigenvalue weighted by atomic mass is 32.2. The second-order valence-corrected chi connectivity index (χ2v) is 12.2. The van der Waals surface area contributed by atoms with Crippen LogP contribution in [0.1, 0.15) is 24.9 Å². The minimum atomic E-state index is -1.31. The standard InChI is InChI=1S/C26H28N8O8S2/c1-3-32-8-9-33(22(39)21(32)38)25(42)27-18(13-4-6-15(35)7-5-13)17(36)10-16-20(37)34-19(24(40)41)14(11-43-23(16)34)12-44-26-28-29-30-31(26)2/h4-7,16,18,23,35H,3,8-12H2,1-2H3,(H,27,42)(H,40,41)/t16-,18?,23-/m1/s1. The number of tetrazole rings is 1. The highest BCUT2D eigenvalue weighted by Crippen LogP contribution is 2.46. The number of aliphatic carboxylic acids is 1. The number of nitrogens with zero attached hydrogens (tertiary/aromatic N) is 7. The zero-order valence-electron chi connectivity index (χ0n) is 23.6. The molecule has 1 unspecified atom stereocenters. The lowest BCUT2D eigenvalue weighted by Crippen LogP contribution is -2.62. The normalized spacial score (nSPS) is 20.8. The number of aromatic nitrogens is 4. The van der Waals surface area contributed by atoms with Crippen molar-refractivity contribution in [1.29, 1.82) is 0 Å². The van der Waals surface area contributed by atoms with Gasteiger partial charge in [-0.05, 0) is 40.6 Å². The third kappa shape index (κ3) is 5.86. The van der Waals surface area contributed by atoms with Crippen LogP contribution in [0.5, 0.6) is 5.75 Å². The number of fused-ring (bicyclic) bond motifs is 1. The van der Waals surface area contributed by atoms with E-state index >= 15 is 0 Å². The molecule has 1 aromatic carbocycles. The molecule has 0 spiro atoms. The van der Waals surface area contributed by atoms with Gasteiger partial charge in [-0.25, -0.2) is 14.3 Å². The quantitative estimate of drug-likeness (QED) is 0.177. The molecule has 2 saturated heterocycles. The van der Waals surface area contributed by atoms with Crippen LogP contribution in [0, 0.1) is 5.92 Å². The average molecular weight is 645 g/mol. The number of piperazine rings is 1. The van der Waals surface area contributed by atoms with E-state index in [0.29, 0.717) is 23.0 Å². The fraction of sp³-hybridized carbons (Fsp3) is 0.423. The summed E-state index contributed by atoms with van der Waals surface area (Å²) in [4.78, 5) is 80.5. The number of carboxylic acid groups (broad SMARTS) is 1. The number of nitrogens with one attached hydrogen (secondary N) is 1. The highest BCUT2D eigenvalue weighted by molar-refractivity contribution is 8.01. The number of aryl methyl sites for hydroxylation is 1. The maximum absolute atomic E-state index is 13.7. The van der Waals surface area contributed by atoms with Crippen LogP contribution in [-0.2, 0) is 31.0 Å². The van der Waals surface area contributed by atoms with Gasteiger partial charge in [0.1, 0.15) is 17.5 Å². The van der Waals surface area contributed by atoms with Gasteiger partial charge in [0.25, 0.3) is 0 Å². The lowest BCUT2D eigenvalue weighted by molar-refractivity contribution is -0.154. The van der Waals surface area contributed by atoms with Crippen LogP contribution in [0.25, 0.3) is 0 Å². The van der Waals surface area contributed by atoms with Gasteiger partial charge in [0, 0.05) is 44.6 Å². The van der Waals surface area contributed by atoms with Gasteiger partial charge in [-0.3, -0.25) is 29.0 Å². The lowest BCUT2D eigenvalue weighted by Gasteiger charge is -2.49. The summed E-state index contributed by atoms with van der Waals surface area (Å²) in [6.07, 6.45) is -0.323. The number of phenols is 1. The lowest BCUT2D eigenvalue weighted by atomic mass is 9.87. The van der Waals surface area contributed by atoms with E-state index in [1.54, 1.807) is 14.0 Å². The van der Waals surface area contributed by atoms with E-state index in [2.05, 4.69) is 20.8 Å². The zero-order chi connectivity index (χ0) is 31.7. The van der Waals surface area contributed by atoms with Gasteiger partial charge >= 0.3 is 23.8 Å². The van der Waals surface area contributed by atoms with Crippen LogP contribution in [0.2, 0.25) is 0 Å². The Morgan fingerprint density at radius 1 is 1.14 bits per heavy atom. The number of urea groups is 1. The third-order valence-corrected chi connectivity index (χ3v) is 9.98. The molecule has 2 fully saturated rings. The molecule has 5 amide bonds. The molecule has 16 nitrogen and oxygen atoms in total. The van der Waals surface area contributed by atoms with Crippen LogP contribution < -0.4 is 5.32 Å². The molecule has 3 aliphatic heterocycles. The Morgan fingerprint density at radius 3 is 2.50 bits per heavy atom. The fourth-order valence-corrected chi connectivity index (χ4v) is 7.55. The van der Waals surface area contributed by atoms with Crippen LogP contribution in [0.4, 0.5) is 4.79 Å². The third-order valence-electron chi connectivity index (χ3n) is 7.49. The maximum atomic E-state index is 13.7. The maximum Gasteiger partial charge on any atom is 0.352 e. The molecule has 3 atom stereocenters. The first-order valence-corrected chi connectivity index (χ1v) is 15.5. The summed E-state index contributed by atoms with van der Waals surface area (Å²) in [5.74, 6) is -4.61. The number of hydrogen-bond donors (Lipinski definition) is 3. The molecule has 4 heterocycles. The molecular weight excluding hydrogens is 616 g/mol. The van der Waals surface area contributed by atoms with Crippen LogP contribution >= 0.6 is 23.5 Å². The molecule has 5 rings (SSSR count).